The second kappa shape index (κ2) is 7.64. The van der Waals surface area contributed by atoms with E-state index in [4.69, 9.17) is 9.84 Å². The Kier molecular flexibility index (Phi) is 5.57. The average molecular weight is 292 g/mol. The fourth-order valence-electron chi connectivity index (χ4n) is 2.21. The van der Waals surface area contributed by atoms with Gasteiger partial charge in [-0.1, -0.05) is 12.1 Å². The summed E-state index contributed by atoms with van der Waals surface area (Å²) in [5.41, 5.74) is 1.62. The summed E-state index contributed by atoms with van der Waals surface area (Å²) >= 11 is 0. The molecule has 1 fully saturated rings. The van der Waals surface area contributed by atoms with E-state index in [1.807, 2.05) is 12.1 Å². The number of benzene rings is 1. The van der Waals surface area contributed by atoms with Crippen molar-refractivity contribution in [3.8, 4) is 0 Å². The molecular formula is C15H20N2O4. The summed E-state index contributed by atoms with van der Waals surface area (Å²) in [6.07, 6.45) is 2.49. The number of urea groups is 1. The van der Waals surface area contributed by atoms with Crippen LogP contribution in [-0.2, 0) is 16.0 Å². The first-order chi connectivity index (χ1) is 10.1. The van der Waals surface area contributed by atoms with Crippen molar-refractivity contribution in [3.05, 3.63) is 29.8 Å². The fraction of sp³-hybridized carbons (Fsp3) is 0.467. The summed E-state index contributed by atoms with van der Waals surface area (Å²) in [5, 5.41) is 14.3. The van der Waals surface area contributed by atoms with Crippen LogP contribution in [0.25, 0.3) is 0 Å². The maximum atomic E-state index is 11.8. The quantitative estimate of drug-likeness (QED) is 0.774. The molecule has 1 aliphatic rings. The van der Waals surface area contributed by atoms with Crippen LogP contribution in [0.15, 0.2) is 24.3 Å². The summed E-state index contributed by atoms with van der Waals surface area (Å²) in [6, 6.07) is 7.00. The molecule has 1 aromatic rings. The lowest BCUT2D eigenvalue weighted by Gasteiger charge is -2.23. The summed E-state index contributed by atoms with van der Waals surface area (Å²) in [5.74, 6) is -0.814. The highest BCUT2D eigenvalue weighted by atomic mass is 16.5. The van der Waals surface area contributed by atoms with E-state index in [1.54, 1.807) is 12.1 Å². The highest BCUT2D eigenvalue weighted by molar-refractivity contribution is 5.89. The molecular weight excluding hydrogens is 272 g/mol. The molecule has 0 aromatic heterocycles. The Morgan fingerprint density at radius 3 is 2.67 bits per heavy atom. The van der Waals surface area contributed by atoms with Crippen molar-refractivity contribution in [3.63, 3.8) is 0 Å². The van der Waals surface area contributed by atoms with E-state index in [-0.39, 0.29) is 18.5 Å². The van der Waals surface area contributed by atoms with Gasteiger partial charge in [-0.05, 0) is 37.0 Å². The van der Waals surface area contributed by atoms with Gasteiger partial charge in [-0.2, -0.15) is 0 Å². The van der Waals surface area contributed by atoms with Gasteiger partial charge in [-0.3, -0.25) is 4.79 Å². The normalized spacial score (nSPS) is 18.0. The molecule has 21 heavy (non-hydrogen) atoms. The van der Waals surface area contributed by atoms with E-state index >= 15 is 0 Å². The Morgan fingerprint density at radius 1 is 1.29 bits per heavy atom. The Morgan fingerprint density at radius 2 is 2.05 bits per heavy atom. The van der Waals surface area contributed by atoms with E-state index in [2.05, 4.69) is 10.6 Å². The molecule has 0 radical (unpaired) electrons. The molecule has 2 rings (SSSR count). The van der Waals surface area contributed by atoms with Gasteiger partial charge >= 0.3 is 12.0 Å². The molecule has 1 unspecified atom stereocenters. The number of aliphatic carboxylic acids is 1. The van der Waals surface area contributed by atoms with Crippen LogP contribution in [0.1, 0.15) is 24.8 Å². The van der Waals surface area contributed by atoms with Gasteiger partial charge in [0.2, 0.25) is 0 Å². The van der Waals surface area contributed by atoms with Crippen LogP contribution in [0.3, 0.4) is 0 Å². The third kappa shape index (κ3) is 5.43. The molecule has 6 heteroatoms. The molecule has 1 saturated heterocycles. The van der Waals surface area contributed by atoms with Gasteiger partial charge < -0.3 is 20.5 Å². The van der Waals surface area contributed by atoms with Gasteiger partial charge in [0.15, 0.2) is 0 Å². The van der Waals surface area contributed by atoms with Gasteiger partial charge in [-0.15, -0.1) is 0 Å². The molecule has 0 bridgehead atoms. The van der Waals surface area contributed by atoms with E-state index in [9.17, 15) is 9.59 Å². The number of carboxylic acid groups (broad SMARTS) is 1. The molecule has 0 spiro atoms. The van der Waals surface area contributed by atoms with E-state index in [1.165, 1.54) is 0 Å². The second-order valence-electron chi connectivity index (χ2n) is 5.10. The fourth-order valence-corrected chi connectivity index (χ4v) is 2.21. The number of ether oxygens (including phenoxy) is 1. The van der Waals surface area contributed by atoms with Gasteiger partial charge in [0, 0.05) is 18.7 Å². The number of carboxylic acids is 1. The monoisotopic (exact) mass is 292 g/mol. The zero-order valence-corrected chi connectivity index (χ0v) is 11.8. The standard InChI is InChI=1S/C15H20N2O4/c18-14(19)8-5-11-3-6-12(7-4-11)16-15(20)17-13-2-1-9-21-10-13/h3-4,6-7,13H,1-2,5,8-10H2,(H,18,19)(H2,16,17,20). The number of nitrogens with one attached hydrogen (secondary N) is 2. The number of aryl methyl sites for hydroxylation is 1. The number of anilines is 1. The van der Waals surface area contributed by atoms with E-state index in [0.29, 0.717) is 18.7 Å². The van der Waals surface area contributed by atoms with Crippen molar-refractivity contribution >= 4 is 17.7 Å². The molecule has 0 saturated carbocycles. The first-order valence-electron chi connectivity index (χ1n) is 7.09. The molecule has 3 N–H and O–H groups in total. The highest BCUT2D eigenvalue weighted by Crippen LogP contribution is 2.12. The van der Waals surface area contributed by atoms with Crippen molar-refractivity contribution < 1.29 is 19.4 Å². The highest BCUT2D eigenvalue weighted by Gasteiger charge is 2.15. The lowest BCUT2D eigenvalue weighted by Crippen LogP contribution is -2.42. The third-order valence-corrected chi connectivity index (χ3v) is 3.33. The van der Waals surface area contributed by atoms with Crippen molar-refractivity contribution in [2.24, 2.45) is 0 Å². The predicted molar refractivity (Wildman–Crippen MR) is 78.4 cm³/mol. The topological polar surface area (TPSA) is 87.7 Å². The zero-order valence-electron chi connectivity index (χ0n) is 11.8. The molecule has 1 aromatic carbocycles. The minimum Gasteiger partial charge on any atom is -0.481 e. The van der Waals surface area contributed by atoms with Crippen LogP contribution in [0.5, 0.6) is 0 Å². The minimum atomic E-state index is -0.814. The third-order valence-electron chi connectivity index (χ3n) is 3.33. The number of amides is 2. The molecule has 1 heterocycles. The minimum absolute atomic E-state index is 0.0635. The van der Waals surface area contributed by atoms with E-state index < -0.39 is 5.97 Å². The van der Waals surface area contributed by atoms with Crippen LogP contribution < -0.4 is 10.6 Å². The van der Waals surface area contributed by atoms with Crippen LogP contribution in [0.4, 0.5) is 10.5 Å². The molecule has 1 aliphatic heterocycles. The predicted octanol–water partition coefficient (Wildman–Crippen LogP) is 2.00. The smallest absolute Gasteiger partial charge is 0.319 e. The molecule has 0 aliphatic carbocycles. The van der Waals surface area contributed by atoms with Crippen LogP contribution >= 0.6 is 0 Å². The van der Waals surface area contributed by atoms with Crippen molar-refractivity contribution in [1.29, 1.82) is 0 Å². The molecule has 2 amide bonds. The Balaban J connectivity index is 1.79. The van der Waals surface area contributed by atoms with Gasteiger partial charge in [0.05, 0.1) is 12.6 Å². The first kappa shape index (κ1) is 15.3. The number of carbonyl (C=O) groups is 2. The van der Waals surface area contributed by atoms with Crippen LogP contribution in [0.2, 0.25) is 0 Å². The lowest BCUT2D eigenvalue weighted by atomic mass is 10.1. The van der Waals surface area contributed by atoms with Gasteiger partial charge in [0.1, 0.15) is 0 Å². The Labute approximate surface area is 123 Å². The summed E-state index contributed by atoms with van der Waals surface area (Å²) in [4.78, 5) is 22.3. The number of hydrogen-bond donors (Lipinski definition) is 3. The zero-order chi connectivity index (χ0) is 15.1. The SMILES string of the molecule is O=C(O)CCc1ccc(NC(=O)NC2CCCOC2)cc1. The maximum Gasteiger partial charge on any atom is 0.319 e. The molecule has 1 atom stereocenters. The summed E-state index contributed by atoms with van der Waals surface area (Å²) < 4.78 is 5.30. The maximum absolute atomic E-state index is 11.8. The Bertz CT molecular complexity index is 481. The van der Waals surface area contributed by atoms with Gasteiger partial charge in [0.25, 0.3) is 0 Å². The van der Waals surface area contributed by atoms with Crippen LogP contribution in [0, 0.1) is 0 Å². The number of carbonyl (C=O) groups excluding carboxylic acids is 1. The summed E-state index contributed by atoms with van der Waals surface area (Å²) in [7, 11) is 0. The van der Waals surface area contributed by atoms with Crippen molar-refractivity contribution in [2.45, 2.75) is 31.7 Å². The van der Waals surface area contributed by atoms with E-state index in [0.717, 1.165) is 25.0 Å². The number of rotatable bonds is 5. The summed E-state index contributed by atoms with van der Waals surface area (Å²) in [6.45, 7) is 1.32. The van der Waals surface area contributed by atoms with Crippen LogP contribution in [-0.4, -0.2) is 36.4 Å². The second-order valence-corrected chi connectivity index (χ2v) is 5.10. The van der Waals surface area contributed by atoms with Gasteiger partial charge in [-0.25, -0.2) is 4.79 Å². The number of hydrogen-bond acceptors (Lipinski definition) is 3. The Hall–Kier alpha value is -2.08. The average Bonchev–Trinajstić information content (AvgIpc) is 2.47. The largest absolute Gasteiger partial charge is 0.481 e. The molecule has 6 nitrogen and oxygen atoms in total. The first-order valence-corrected chi connectivity index (χ1v) is 7.09. The lowest BCUT2D eigenvalue weighted by molar-refractivity contribution is -0.136. The molecule has 114 valence electrons. The van der Waals surface area contributed by atoms with Crippen molar-refractivity contribution in [2.75, 3.05) is 18.5 Å². The van der Waals surface area contributed by atoms with Crippen molar-refractivity contribution in [1.82, 2.24) is 5.32 Å².